The zero-order valence-electron chi connectivity index (χ0n) is 13.9. The van der Waals surface area contributed by atoms with Crippen LogP contribution in [-0.4, -0.2) is 48.9 Å². The highest BCUT2D eigenvalue weighted by Crippen LogP contribution is 2.10. The maximum absolute atomic E-state index is 12.1. The summed E-state index contributed by atoms with van der Waals surface area (Å²) >= 11 is 1.45. The topological polar surface area (TPSA) is 88.3 Å². The maximum atomic E-state index is 12.1. The quantitative estimate of drug-likeness (QED) is 0.791. The molecule has 0 atom stereocenters. The van der Waals surface area contributed by atoms with Crippen LogP contribution in [0.5, 0.6) is 0 Å². The van der Waals surface area contributed by atoms with Gasteiger partial charge in [-0.1, -0.05) is 12.1 Å². The van der Waals surface area contributed by atoms with E-state index in [1.807, 2.05) is 18.2 Å². The van der Waals surface area contributed by atoms with Crippen LogP contribution in [0.4, 0.5) is 0 Å². The molecule has 128 valence electrons. The van der Waals surface area contributed by atoms with Gasteiger partial charge in [-0.15, -0.1) is 11.3 Å². The SMILES string of the molecule is CN(C)C(=O)c1cccc(CCNC(=O)c2csc(CCN)n2)c1. The molecule has 0 fully saturated rings. The molecule has 24 heavy (non-hydrogen) atoms. The first-order valence-electron chi connectivity index (χ1n) is 7.74. The fraction of sp³-hybridized carbons (Fsp3) is 0.353. The Balaban J connectivity index is 1.88. The summed E-state index contributed by atoms with van der Waals surface area (Å²) in [6, 6.07) is 7.45. The molecule has 0 radical (unpaired) electrons. The average Bonchev–Trinajstić information content (AvgIpc) is 3.03. The van der Waals surface area contributed by atoms with E-state index >= 15 is 0 Å². The molecule has 3 N–H and O–H groups in total. The van der Waals surface area contributed by atoms with Gasteiger partial charge < -0.3 is 16.0 Å². The van der Waals surface area contributed by atoms with Gasteiger partial charge in [-0.3, -0.25) is 9.59 Å². The van der Waals surface area contributed by atoms with Crippen molar-refractivity contribution < 1.29 is 9.59 Å². The predicted molar refractivity (Wildman–Crippen MR) is 95.4 cm³/mol. The molecule has 0 aliphatic rings. The average molecular weight is 346 g/mol. The molecular weight excluding hydrogens is 324 g/mol. The van der Waals surface area contributed by atoms with Gasteiger partial charge >= 0.3 is 0 Å². The Morgan fingerprint density at radius 3 is 2.79 bits per heavy atom. The Morgan fingerprint density at radius 1 is 1.29 bits per heavy atom. The van der Waals surface area contributed by atoms with Gasteiger partial charge in [0.1, 0.15) is 5.69 Å². The Kier molecular flexibility index (Phi) is 6.45. The number of carbonyl (C=O) groups is 2. The predicted octanol–water partition coefficient (Wildman–Crippen LogP) is 1.32. The van der Waals surface area contributed by atoms with Crippen molar-refractivity contribution in [3.63, 3.8) is 0 Å². The van der Waals surface area contributed by atoms with Gasteiger partial charge in [0, 0.05) is 38.0 Å². The first kappa shape index (κ1) is 18.1. The van der Waals surface area contributed by atoms with Gasteiger partial charge in [0.05, 0.1) is 5.01 Å². The van der Waals surface area contributed by atoms with E-state index in [2.05, 4.69) is 10.3 Å². The van der Waals surface area contributed by atoms with E-state index in [4.69, 9.17) is 5.73 Å². The van der Waals surface area contributed by atoms with Gasteiger partial charge in [-0.25, -0.2) is 4.98 Å². The van der Waals surface area contributed by atoms with Crippen LogP contribution in [0.1, 0.15) is 31.4 Å². The summed E-state index contributed by atoms with van der Waals surface area (Å²) in [6.07, 6.45) is 1.34. The van der Waals surface area contributed by atoms with Crippen LogP contribution in [-0.2, 0) is 12.8 Å². The van der Waals surface area contributed by atoms with E-state index in [9.17, 15) is 9.59 Å². The highest BCUT2D eigenvalue weighted by molar-refractivity contribution is 7.09. The number of hydrogen-bond acceptors (Lipinski definition) is 5. The van der Waals surface area contributed by atoms with E-state index in [0.29, 0.717) is 37.2 Å². The summed E-state index contributed by atoms with van der Waals surface area (Å²) in [5, 5.41) is 5.47. The minimum Gasteiger partial charge on any atom is -0.350 e. The second-order valence-corrected chi connectivity index (χ2v) is 6.51. The first-order valence-corrected chi connectivity index (χ1v) is 8.62. The van der Waals surface area contributed by atoms with Crippen LogP contribution in [0.2, 0.25) is 0 Å². The molecule has 1 aromatic carbocycles. The molecule has 6 nitrogen and oxygen atoms in total. The van der Waals surface area contributed by atoms with E-state index < -0.39 is 0 Å². The first-order chi connectivity index (χ1) is 11.5. The van der Waals surface area contributed by atoms with Crippen molar-refractivity contribution in [2.75, 3.05) is 27.2 Å². The van der Waals surface area contributed by atoms with Gasteiger partial charge in [-0.05, 0) is 30.7 Å². The molecule has 1 heterocycles. The number of aromatic nitrogens is 1. The van der Waals surface area contributed by atoms with Crippen LogP contribution >= 0.6 is 11.3 Å². The molecule has 7 heteroatoms. The van der Waals surface area contributed by atoms with E-state index in [1.54, 1.807) is 30.4 Å². The third-order valence-electron chi connectivity index (χ3n) is 3.42. The molecule has 0 saturated heterocycles. The molecule has 2 rings (SSSR count). The van der Waals surface area contributed by atoms with E-state index in [0.717, 1.165) is 10.6 Å². The molecule has 2 amide bonds. The molecule has 1 aromatic heterocycles. The van der Waals surface area contributed by atoms with Crippen molar-refractivity contribution in [2.24, 2.45) is 5.73 Å². The number of nitrogens with zero attached hydrogens (tertiary/aromatic N) is 2. The molecular formula is C17H22N4O2S. The van der Waals surface area contributed by atoms with Gasteiger partial charge in [0.15, 0.2) is 0 Å². The van der Waals surface area contributed by atoms with Crippen molar-refractivity contribution in [2.45, 2.75) is 12.8 Å². The zero-order chi connectivity index (χ0) is 17.5. The van der Waals surface area contributed by atoms with Gasteiger partial charge in [0.2, 0.25) is 0 Å². The second-order valence-electron chi connectivity index (χ2n) is 5.57. The number of rotatable bonds is 7. The normalized spacial score (nSPS) is 10.5. The van der Waals surface area contributed by atoms with Crippen molar-refractivity contribution in [1.82, 2.24) is 15.2 Å². The Morgan fingerprint density at radius 2 is 2.08 bits per heavy atom. The molecule has 0 bridgehead atoms. The van der Waals surface area contributed by atoms with E-state index in [-0.39, 0.29) is 11.8 Å². The van der Waals surface area contributed by atoms with Crippen LogP contribution in [0.15, 0.2) is 29.6 Å². The lowest BCUT2D eigenvalue weighted by atomic mass is 10.1. The van der Waals surface area contributed by atoms with Crippen molar-refractivity contribution in [1.29, 1.82) is 0 Å². The summed E-state index contributed by atoms with van der Waals surface area (Å²) < 4.78 is 0. The zero-order valence-corrected chi connectivity index (χ0v) is 14.7. The molecule has 2 aromatic rings. The molecule has 0 aliphatic carbocycles. The fourth-order valence-electron chi connectivity index (χ4n) is 2.18. The summed E-state index contributed by atoms with van der Waals surface area (Å²) in [5.74, 6) is -0.217. The number of nitrogens with two attached hydrogens (primary N) is 1. The van der Waals surface area contributed by atoms with E-state index in [1.165, 1.54) is 11.3 Å². The minimum absolute atomic E-state index is 0.0317. The molecule has 0 spiro atoms. The lowest BCUT2D eigenvalue weighted by Crippen LogP contribution is -2.26. The molecule has 0 aliphatic heterocycles. The number of hydrogen-bond donors (Lipinski definition) is 2. The Hall–Kier alpha value is -2.25. The summed E-state index contributed by atoms with van der Waals surface area (Å²) in [7, 11) is 3.45. The smallest absolute Gasteiger partial charge is 0.270 e. The number of nitrogens with one attached hydrogen (secondary N) is 1. The maximum Gasteiger partial charge on any atom is 0.270 e. The van der Waals surface area contributed by atoms with Crippen molar-refractivity contribution in [3.05, 3.63) is 51.5 Å². The standard InChI is InChI=1S/C17H22N4O2S/c1-21(2)17(23)13-5-3-4-12(10-13)7-9-19-16(22)14-11-24-15(20-14)6-8-18/h3-5,10-11H,6-9,18H2,1-2H3,(H,19,22). The highest BCUT2D eigenvalue weighted by atomic mass is 32.1. The summed E-state index contributed by atoms with van der Waals surface area (Å²) in [4.78, 5) is 29.8. The van der Waals surface area contributed by atoms with Gasteiger partial charge in [0.25, 0.3) is 11.8 Å². The van der Waals surface area contributed by atoms with Crippen molar-refractivity contribution in [3.8, 4) is 0 Å². The highest BCUT2D eigenvalue weighted by Gasteiger charge is 2.11. The van der Waals surface area contributed by atoms with Crippen LogP contribution in [0.3, 0.4) is 0 Å². The number of amides is 2. The fourth-order valence-corrected chi connectivity index (χ4v) is 2.98. The number of benzene rings is 1. The summed E-state index contributed by atoms with van der Waals surface area (Å²) in [5.41, 5.74) is 7.56. The minimum atomic E-state index is -0.185. The third-order valence-corrected chi connectivity index (χ3v) is 4.33. The second kappa shape index (κ2) is 8.56. The third kappa shape index (κ3) is 4.87. The number of carbonyl (C=O) groups excluding carboxylic acids is 2. The lowest BCUT2D eigenvalue weighted by molar-refractivity contribution is 0.0827. The monoisotopic (exact) mass is 346 g/mol. The van der Waals surface area contributed by atoms with Crippen LogP contribution < -0.4 is 11.1 Å². The Bertz CT molecular complexity index is 712. The Labute approximate surface area is 145 Å². The largest absolute Gasteiger partial charge is 0.350 e. The van der Waals surface area contributed by atoms with Crippen LogP contribution in [0.25, 0.3) is 0 Å². The molecule has 0 saturated carbocycles. The summed E-state index contributed by atoms with van der Waals surface area (Å²) in [6.45, 7) is 1.01. The van der Waals surface area contributed by atoms with Gasteiger partial charge in [-0.2, -0.15) is 0 Å². The van der Waals surface area contributed by atoms with Crippen molar-refractivity contribution >= 4 is 23.2 Å². The van der Waals surface area contributed by atoms with Crippen LogP contribution in [0, 0.1) is 0 Å². The number of thiazole rings is 1. The lowest BCUT2D eigenvalue weighted by Gasteiger charge is -2.11. The molecule has 0 unspecified atom stereocenters.